The van der Waals surface area contributed by atoms with Crippen molar-refractivity contribution >= 4 is 16.1 Å². The zero-order valence-electron chi connectivity index (χ0n) is 7.70. The maximum absolute atomic E-state index is 11.1. The molecule has 0 aromatic carbocycles. The van der Waals surface area contributed by atoms with Crippen molar-refractivity contribution in [3.8, 4) is 0 Å². The fourth-order valence-electron chi connectivity index (χ4n) is 0.701. The van der Waals surface area contributed by atoms with Gasteiger partial charge in [0.05, 0.1) is 6.04 Å². The molecule has 0 aromatic heterocycles. The molecule has 1 unspecified atom stereocenters. The number of carbonyl (C=O) groups excluding carboxylic acids is 1. The molecule has 0 aliphatic rings. The van der Waals surface area contributed by atoms with Crippen LogP contribution in [0.3, 0.4) is 0 Å². The van der Waals surface area contributed by atoms with Crippen molar-refractivity contribution in [3.05, 3.63) is 0 Å². The van der Waals surface area contributed by atoms with E-state index < -0.39 is 16.3 Å². The van der Waals surface area contributed by atoms with Gasteiger partial charge < -0.3 is 5.32 Å². The Morgan fingerprint density at radius 1 is 1.54 bits per heavy atom. The van der Waals surface area contributed by atoms with E-state index >= 15 is 0 Å². The highest BCUT2D eigenvalue weighted by Gasteiger charge is 2.15. The third-order valence-electron chi connectivity index (χ3n) is 1.28. The Labute approximate surface area is 78.1 Å². The molecule has 7 heteroatoms. The first kappa shape index (κ1) is 12.3. The first-order chi connectivity index (χ1) is 5.87. The number of hydrogen-bond donors (Lipinski definition) is 3. The van der Waals surface area contributed by atoms with Gasteiger partial charge in [-0.25, -0.2) is 5.14 Å². The highest BCUT2D eigenvalue weighted by molar-refractivity contribution is 7.87. The van der Waals surface area contributed by atoms with Gasteiger partial charge in [-0.15, -0.1) is 0 Å². The average Bonchev–Trinajstić information content (AvgIpc) is 1.96. The van der Waals surface area contributed by atoms with Crippen LogP contribution in [0.1, 0.15) is 20.3 Å². The molecule has 4 N–H and O–H groups in total. The summed E-state index contributed by atoms with van der Waals surface area (Å²) in [4.78, 5) is 11.1. The second-order valence-corrected chi connectivity index (χ2v) is 4.00. The molecule has 0 fully saturated rings. The molecule has 0 radical (unpaired) electrons. The Balaban J connectivity index is 3.97. The molecule has 0 aliphatic heterocycles. The quantitative estimate of drug-likeness (QED) is 0.524. The number of rotatable bonds is 5. The lowest BCUT2D eigenvalue weighted by molar-refractivity contribution is -0.122. The summed E-state index contributed by atoms with van der Waals surface area (Å²) >= 11 is 0. The third-order valence-corrected chi connectivity index (χ3v) is 1.97. The molecule has 0 spiro atoms. The zero-order valence-corrected chi connectivity index (χ0v) is 8.52. The largest absolute Gasteiger partial charge is 0.355 e. The number of carbonyl (C=O) groups is 1. The summed E-state index contributed by atoms with van der Waals surface area (Å²) < 4.78 is 23.0. The molecule has 1 amide bonds. The van der Waals surface area contributed by atoms with Gasteiger partial charge >= 0.3 is 0 Å². The SMILES string of the molecule is CCCNC(=O)C(C)NS(N)(=O)=O. The van der Waals surface area contributed by atoms with E-state index in [1.807, 2.05) is 11.6 Å². The Bertz CT molecular complexity index is 262. The molecule has 13 heavy (non-hydrogen) atoms. The summed E-state index contributed by atoms with van der Waals surface area (Å²) in [6.45, 7) is 3.85. The minimum atomic E-state index is -3.80. The minimum Gasteiger partial charge on any atom is -0.355 e. The normalized spacial score (nSPS) is 13.8. The van der Waals surface area contributed by atoms with Crippen LogP contribution >= 0.6 is 0 Å². The van der Waals surface area contributed by atoms with E-state index in [0.29, 0.717) is 6.54 Å². The summed E-state index contributed by atoms with van der Waals surface area (Å²) in [6, 6.07) is -0.832. The summed E-state index contributed by atoms with van der Waals surface area (Å²) in [7, 11) is -3.80. The molecule has 0 rings (SSSR count). The van der Waals surface area contributed by atoms with Crippen LogP contribution < -0.4 is 15.2 Å². The maximum atomic E-state index is 11.1. The highest BCUT2D eigenvalue weighted by Crippen LogP contribution is 1.84. The van der Waals surface area contributed by atoms with Gasteiger partial charge in [-0.3, -0.25) is 4.79 Å². The first-order valence-corrected chi connectivity index (χ1v) is 5.49. The Morgan fingerprint density at radius 2 is 2.08 bits per heavy atom. The lowest BCUT2D eigenvalue weighted by Gasteiger charge is -2.11. The summed E-state index contributed by atoms with van der Waals surface area (Å²) in [5, 5.41) is 7.22. The molecule has 0 saturated heterocycles. The average molecular weight is 209 g/mol. The second kappa shape index (κ2) is 5.15. The van der Waals surface area contributed by atoms with Crippen molar-refractivity contribution in [2.24, 2.45) is 5.14 Å². The van der Waals surface area contributed by atoms with Gasteiger partial charge in [0.2, 0.25) is 5.91 Å². The number of hydrogen-bond acceptors (Lipinski definition) is 3. The Morgan fingerprint density at radius 3 is 2.46 bits per heavy atom. The minimum absolute atomic E-state index is 0.379. The molecular formula is C6H15N3O3S. The Hall–Kier alpha value is -0.660. The van der Waals surface area contributed by atoms with Gasteiger partial charge in [0, 0.05) is 6.54 Å². The monoisotopic (exact) mass is 209 g/mol. The van der Waals surface area contributed by atoms with Gasteiger partial charge in [-0.1, -0.05) is 6.92 Å². The van der Waals surface area contributed by atoms with Crippen LogP contribution in [0.2, 0.25) is 0 Å². The summed E-state index contributed by atoms with van der Waals surface area (Å²) in [6.07, 6.45) is 0.799. The van der Waals surface area contributed by atoms with Gasteiger partial charge in [0.1, 0.15) is 0 Å². The van der Waals surface area contributed by atoms with E-state index in [0.717, 1.165) is 6.42 Å². The molecule has 0 heterocycles. The predicted octanol–water partition coefficient (Wildman–Crippen LogP) is -1.31. The lowest BCUT2D eigenvalue weighted by atomic mass is 10.3. The van der Waals surface area contributed by atoms with Crippen molar-refractivity contribution in [2.45, 2.75) is 26.3 Å². The molecule has 0 aliphatic carbocycles. The van der Waals surface area contributed by atoms with Gasteiger partial charge in [-0.05, 0) is 13.3 Å². The topological polar surface area (TPSA) is 101 Å². The number of nitrogens with one attached hydrogen (secondary N) is 2. The fourth-order valence-corrected chi connectivity index (χ4v) is 1.30. The van der Waals surface area contributed by atoms with Crippen LogP contribution in [0.4, 0.5) is 0 Å². The smallest absolute Gasteiger partial charge is 0.275 e. The first-order valence-electron chi connectivity index (χ1n) is 3.94. The van der Waals surface area contributed by atoms with Crippen LogP contribution in [0.25, 0.3) is 0 Å². The van der Waals surface area contributed by atoms with Gasteiger partial charge in [-0.2, -0.15) is 13.1 Å². The molecule has 0 bridgehead atoms. The van der Waals surface area contributed by atoms with Crippen LogP contribution in [0, 0.1) is 0 Å². The van der Waals surface area contributed by atoms with E-state index in [9.17, 15) is 13.2 Å². The van der Waals surface area contributed by atoms with Crippen LogP contribution in [0.5, 0.6) is 0 Å². The second-order valence-electron chi connectivity index (χ2n) is 2.68. The molecule has 78 valence electrons. The fraction of sp³-hybridized carbons (Fsp3) is 0.833. The zero-order chi connectivity index (χ0) is 10.5. The van der Waals surface area contributed by atoms with E-state index in [2.05, 4.69) is 10.5 Å². The van der Waals surface area contributed by atoms with Gasteiger partial charge in [0.25, 0.3) is 10.2 Å². The van der Waals surface area contributed by atoms with E-state index in [4.69, 9.17) is 0 Å². The van der Waals surface area contributed by atoms with Crippen LogP contribution in [-0.4, -0.2) is 26.9 Å². The third kappa shape index (κ3) is 6.50. The number of amides is 1. The molecule has 1 atom stereocenters. The molecule has 6 nitrogen and oxygen atoms in total. The molecule has 0 saturated carbocycles. The van der Waals surface area contributed by atoms with Crippen molar-refractivity contribution < 1.29 is 13.2 Å². The summed E-state index contributed by atoms with van der Waals surface area (Å²) in [5.41, 5.74) is 0. The van der Waals surface area contributed by atoms with Crippen molar-refractivity contribution in [1.82, 2.24) is 10.0 Å². The van der Waals surface area contributed by atoms with E-state index in [1.54, 1.807) is 0 Å². The van der Waals surface area contributed by atoms with E-state index in [-0.39, 0.29) is 5.91 Å². The molecular weight excluding hydrogens is 194 g/mol. The lowest BCUT2D eigenvalue weighted by Crippen LogP contribution is -2.47. The molecule has 0 aromatic rings. The Kier molecular flexibility index (Phi) is 4.89. The van der Waals surface area contributed by atoms with Crippen molar-refractivity contribution in [1.29, 1.82) is 0 Å². The number of nitrogens with two attached hydrogens (primary N) is 1. The van der Waals surface area contributed by atoms with Crippen LogP contribution in [0.15, 0.2) is 0 Å². The van der Waals surface area contributed by atoms with E-state index in [1.165, 1.54) is 6.92 Å². The maximum Gasteiger partial charge on any atom is 0.275 e. The standard InChI is InChI=1S/C6H15N3O3S/c1-3-4-8-6(10)5(2)9-13(7,11)12/h5,9H,3-4H2,1-2H3,(H,8,10)(H2,7,11,12). The highest BCUT2D eigenvalue weighted by atomic mass is 32.2. The summed E-state index contributed by atoms with van der Waals surface area (Å²) in [5.74, 6) is -0.379. The van der Waals surface area contributed by atoms with Crippen molar-refractivity contribution in [2.75, 3.05) is 6.54 Å². The van der Waals surface area contributed by atoms with Gasteiger partial charge in [0.15, 0.2) is 0 Å². The van der Waals surface area contributed by atoms with Crippen molar-refractivity contribution in [3.63, 3.8) is 0 Å². The van der Waals surface area contributed by atoms with Crippen LogP contribution in [-0.2, 0) is 15.0 Å². The predicted molar refractivity (Wildman–Crippen MR) is 49.0 cm³/mol.